The summed E-state index contributed by atoms with van der Waals surface area (Å²) in [6.45, 7) is -0.533. The minimum Gasteiger partial charge on any atom is -0.459 e. The lowest BCUT2D eigenvalue weighted by atomic mass is 9.89. The fourth-order valence-electron chi connectivity index (χ4n) is 4.56. The number of aliphatic hydroxyl groups excluding tert-OH is 1. The number of pyridine rings is 1. The van der Waals surface area contributed by atoms with Crippen molar-refractivity contribution in [2.45, 2.75) is 24.1 Å². The molecule has 4 atom stereocenters. The van der Waals surface area contributed by atoms with E-state index in [0.717, 1.165) is 18.3 Å². The van der Waals surface area contributed by atoms with Crippen LogP contribution in [-0.4, -0.2) is 58.0 Å². The number of rotatable bonds is 9. The third-order valence-electron chi connectivity index (χ3n) is 6.69. The number of nitrogens with zero attached hydrogens (tertiary/aromatic N) is 2. The summed E-state index contributed by atoms with van der Waals surface area (Å²) in [5.74, 6) is -2.53. The zero-order chi connectivity index (χ0) is 30.4. The van der Waals surface area contributed by atoms with Gasteiger partial charge in [-0.2, -0.15) is 0 Å². The normalized spacial score (nSPS) is 21.0. The Balaban J connectivity index is 1.57. The van der Waals surface area contributed by atoms with Gasteiger partial charge in [-0.15, -0.1) is 0 Å². The molecule has 3 aromatic carbocycles. The molecule has 0 saturated carbocycles. The van der Waals surface area contributed by atoms with E-state index in [-0.39, 0.29) is 28.1 Å². The summed E-state index contributed by atoms with van der Waals surface area (Å²) >= 11 is 0. The third kappa shape index (κ3) is 6.10. The minimum absolute atomic E-state index is 0.0862. The molecule has 1 aliphatic rings. The molecule has 0 amide bonds. The van der Waals surface area contributed by atoms with E-state index in [4.69, 9.17) is 18.9 Å². The van der Waals surface area contributed by atoms with Gasteiger partial charge < -0.3 is 24.1 Å². The van der Waals surface area contributed by atoms with Crippen LogP contribution in [0.25, 0.3) is 0 Å². The highest BCUT2D eigenvalue weighted by Crippen LogP contribution is 2.44. The summed E-state index contributed by atoms with van der Waals surface area (Å²) in [4.78, 5) is 54.2. The number of carbonyl (C=O) groups excluding carboxylic acids is 3. The van der Waals surface area contributed by atoms with Crippen LogP contribution in [0.1, 0.15) is 36.8 Å². The average Bonchev–Trinajstić information content (AvgIpc) is 3.31. The highest BCUT2D eigenvalue weighted by Gasteiger charge is 2.64. The van der Waals surface area contributed by atoms with Crippen LogP contribution >= 0.6 is 0 Å². The van der Waals surface area contributed by atoms with Crippen LogP contribution in [0.15, 0.2) is 109 Å². The Morgan fingerprint density at radius 1 is 0.814 bits per heavy atom. The molecular weight excluding hydrogens is 560 g/mol. The highest BCUT2D eigenvalue weighted by molar-refractivity contribution is 5.91. The van der Waals surface area contributed by atoms with Crippen LogP contribution in [0.2, 0.25) is 0 Å². The van der Waals surface area contributed by atoms with Crippen molar-refractivity contribution in [3.05, 3.63) is 142 Å². The van der Waals surface area contributed by atoms with Gasteiger partial charge in [0.1, 0.15) is 18.9 Å². The molecule has 0 spiro atoms. The van der Waals surface area contributed by atoms with Crippen molar-refractivity contribution in [3.63, 3.8) is 0 Å². The Morgan fingerprint density at radius 2 is 1.35 bits per heavy atom. The van der Waals surface area contributed by atoms with E-state index in [1.54, 1.807) is 54.6 Å². The molecule has 2 heterocycles. The van der Waals surface area contributed by atoms with Gasteiger partial charge >= 0.3 is 17.9 Å². The second kappa shape index (κ2) is 12.6. The fourth-order valence-corrected chi connectivity index (χ4v) is 4.56. The van der Waals surface area contributed by atoms with E-state index in [1.807, 2.05) is 0 Å². The van der Waals surface area contributed by atoms with E-state index >= 15 is 0 Å². The van der Waals surface area contributed by atoms with Crippen LogP contribution in [0.5, 0.6) is 0 Å². The van der Waals surface area contributed by atoms with Crippen LogP contribution in [0.3, 0.4) is 0 Å². The summed E-state index contributed by atoms with van der Waals surface area (Å²) < 4.78 is 22.9. The van der Waals surface area contributed by atoms with Crippen molar-refractivity contribution < 1.29 is 43.4 Å². The second-order valence-corrected chi connectivity index (χ2v) is 9.39. The predicted octanol–water partition coefficient (Wildman–Crippen LogP) is 3.84. The topological polar surface area (TPSA) is 164 Å². The molecular formula is C31H24N2O10. The van der Waals surface area contributed by atoms with Crippen molar-refractivity contribution in [2.24, 2.45) is 0 Å². The SMILES string of the molecule is O=C(OC[C@H]1O[C@@H](O)[C@@](OC(=O)c2ccccc2)(c2ccc([N+](=O)[O-])cn2)[C@@H]1OC(=O)c1ccccc1)c1ccccc1. The van der Waals surface area contributed by atoms with Crippen molar-refractivity contribution in [3.8, 4) is 0 Å². The average molecular weight is 585 g/mol. The number of aliphatic hydroxyl groups is 1. The molecule has 0 radical (unpaired) electrons. The largest absolute Gasteiger partial charge is 0.459 e. The van der Waals surface area contributed by atoms with E-state index in [0.29, 0.717) is 0 Å². The lowest BCUT2D eigenvalue weighted by molar-refractivity contribution is -0.385. The fraction of sp³-hybridized carbons (Fsp3) is 0.161. The molecule has 5 rings (SSSR count). The summed E-state index contributed by atoms with van der Waals surface area (Å²) in [7, 11) is 0. The Hall–Kier alpha value is -5.46. The van der Waals surface area contributed by atoms with Gasteiger partial charge in [0.05, 0.1) is 27.3 Å². The molecule has 1 saturated heterocycles. The Bertz CT molecular complexity index is 1600. The number of benzene rings is 3. The van der Waals surface area contributed by atoms with E-state index in [2.05, 4.69) is 4.98 Å². The first-order chi connectivity index (χ1) is 20.8. The molecule has 12 heteroatoms. The van der Waals surface area contributed by atoms with Gasteiger partial charge in [0, 0.05) is 6.07 Å². The van der Waals surface area contributed by atoms with Crippen LogP contribution in [-0.2, 0) is 24.5 Å². The number of hydrogen-bond acceptors (Lipinski definition) is 11. The van der Waals surface area contributed by atoms with Gasteiger partial charge in [-0.05, 0) is 42.5 Å². The summed E-state index contributed by atoms with van der Waals surface area (Å²) in [6.07, 6.45) is -4.11. The van der Waals surface area contributed by atoms with Gasteiger partial charge in [0.25, 0.3) is 5.69 Å². The lowest BCUT2D eigenvalue weighted by Crippen LogP contribution is -2.52. The zero-order valence-electron chi connectivity index (χ0n) is 22.3. The molecule has 0 unspecified atom stereocenters. The standard InChI is InChI=1S/C31H24N2O10/c34-27(20-10-4-1-5-11-20)40-19-24-26(42-28(35)21-12-6-2-7-13-21)31(30(37)41-24,25-17-16-23(18-32-25)33(38)39)43-29(36)22-14-8-3-9-15-22/h1-18,24,26,30,37H,19H2/t24-,26-,30-,31-/m1/s1. The Labute approximate surface area is 244 Å². The molecule has 1 N–H and O–H groups in total. The maximum atomic E-state index is 13.4. The number of ether oxygens (including phenoxy) is 4. The molecule has 43 heavy (non-hydrogen) atoms. The van der Waals surface area contributed by atoms with E-state index < -0.39 is 53.5 Å². The van der Waals surface area contributed by atoms with Crippen molar-refractivity contribution in [1.82, 2.24) is 4.98 Å². The first kappa shape index (κ1) is 29.0. The van der Waals surface area contributed by atoms with Crippen molar-refractivity contribution in [2.75, 3.05) is 6.61 Å². The minimum atomic E-state index is -2.34. The first-order valence-corrected chi connectivity index (χ1v) is 13.0. The number of carbonyl (C=O) groups is 3. The number of aromatic nitrogens is 1. The molecule has 4 aromatic rings. The van der Waals surface area contributed by atoms with Crippen molar-refractivity contribution in [1.29, 1.82) is 0 Å². The molecule has 0 bridgehead atoms. The third-order valence-corrected chi connectivity index (χ3v) is 6.69. The van der Waals surface area contributed by atoms with Crippen LogP contribution < -0.4 is 0 Å². The van der Waals surface area contributed by atoms with Gasteiger partial charge in [-0.25, -0.2) is 19.4 Å². The molecule has 1 fully saturated rings. The quantitative estimate of drug-likeness (QED) is 0.131. The maximum Gasteiger partial charge on any atom is 0.339 e. The van der Waals surface area contributed by atoms with E-state index in [9.17, 15) is 29.6 Å². The monoisotopic (exact) mass is 584 g/mol. The first-order valence-electron chi connectivity index (χ1n) is 13.0. The number of esters is 3. The molecule has 1 aliphatic heterocycles. The molecule has 12 nitrogen and oxygen atoms in total. The number of nitro groups is 1. The highest BCUT2D eigenvalue weighted by atomic mass is 16.7. The van der Waals surface area contributed by atoms with Crippen molar-refractivity contribution >= 4 is 23.6 Å². The van der Waals surface area contributed by atoms with Gasteiger partial charge in [0.15, 0.2) is 6.10 Å². The maximum absolute atomic E-state index is 13.4. The predicted molar refractivity (Wildman–Crippen MR) is 148 cm³/mol. The summed E-state index contributed by atoms with van der Waals surface area (Å²) in [5, 5.41) is 22.7. The van der Waals surface area contributed by atoms with E-state index in [1.165, 1.54) is 36.4 Å². The smallest absolute Gasteiger partial charge is 0.339 e. The summed E-state index contributed by atoms with van der Waals surface area (Å²) in [6, 6.07) is 26.0. The lowest BCUT2D eigenvalue weighted by Gasteiger charge is -2.35. The van der Waals surface area contributed by atoms with Gasteiger partial charge in [-0.1, -0.05) is 54.6 Å². The number of hydrogen-bond donors (Lipinski definition) is 1. The van der Waals surface area contributed by atoms with Crippen LogP contribution in [0, 0.1) is 10.1 Å². The Kier molecular flexibility index (Phi) is 8.51. The zero-order valence-corrected chi connectivity index (χ0v) is 22.3. The molecule has 1 aromatic heterocycles. The second-order valence-electron chi connectivity index (χ2n) is 9.39. The summed E-state index contributed by atoms with van der Waals surface area (Å²) in [5.41, 5.74) is -2.48. The van der Waals surface area contributed by atoms with Gasteiger partial charge in [-0.3, -0.25) is 10.1 Å². The van der Waals surface area contributed by atoms with Crippen LogP contribution in [0.4, 0.5) is 5.69 Å². The molecule has 218 valence electrons. The van der Waals surface area contributed by atoms with Gasteiger partial charge in [0.2, 0.25) is 11.9 Å². The Morgan fingerprint density at radius 3 is 1.86 bits per heavy atom. The molecule has 0 aliphatic carbocycles.